The molecule has 0 aromatic carbocycles. The number of carbonyl (C=O) groups excluding carboxylic acids is 2. The summed E-state index contributed by atoms with van der Waals surface area (Å²) in [5.41, 5.74) is 0. The number of esters is 1. The van der Waals surface area contributed by atoms with E-state index in [1.54, 1.807) is 0 Å². The molecule has 0 aromatic heterocycles. The van der Waals surface area contributed by atoms with Crippen LogP contribution < -0.4 is 5.32 Å². The van der Waals surface area contributed by atoms with Crippen molar-refractivity contribution in [2.24, 2.45) is 0 Å². The Hall–Kier alpha value is -1.14. The molecule has 0 aliphatic rings. The molecule has 0 aromatic rings. The minimum atomic E-state index is -0.664. The van der Waals surface area contributed by atoms with Crippen LogP contribution in [0.3, 0.4) is 0 Å². The first-order valence-electron chi connectivity index (χ1n) is 38.3. The van der Waals surface area contributed by atoms with Gasteiger partial charge in [-0.3, -0.25) is 9.59 Å². The lowest BCUT2D eigenvalue weighted by molar-refractivity contribution is -0.143. The molecule has 0 saturated heterocycles. The first-order chi connectivity index (χ1) is 40.5. The van der Waals surface area contributed by atoms with Crippen LogP contribution in [0.5, 0.6) is 0 Å². The van der Waals surface area contributed by atoms with E-state index in [-0.39, 0.29) is 18.5 Å². The topological polar surface area (TPSA) is 95.9 Å². The number of aliphatic hydroxyl groups excluding tert-OH is 2. The van der Waals surface area contributed by atoms with Gasteiger partial charge in [-0.25, -0.2) is 0 Å². The second-order valence-corrected chi connectivity index (χ2v) is 26.7. The highest BCUT2D eigenvalue weighted by Crippen LogP contribution is 2.20. The molecule has 0 aliphatic heterocycles. The number of hydrogen-bond donors (Lipinski definition) is 3. The van der Waals surface area contributed by atoms with E-state index in [9.17, 15) is 19.8 Å². The number of rotatable bonds is 73. The van der Waals surface area contributed by atoms with Crippen molar-refractivity contribution in [1.29, 1.82) is 0 Å². The molecule has 1 amide bonds. The van der Waals surface area contributed by atoms with Crippen LogP contribution in [0.1, 0.15) is 450 Å². The molecule has 0 bridgehead atoms. The standard InChI is InChI=1S/C76H151NO5/c1-3-5-7-9-11-13-15-17-19-21-22-23-24-28-31-34-37-40-44-48-52-56-60-64-68-74(79)73(72-78)77-75(80)69-65-61-57-53-49-45-41-38-35-32-29-26-25-27-30-33-36-39-43-47-51-55-59-63-67-71-82-76(81)70-66-62-58-54-50-46-42-20-18-16-14-12-10-8-6-4-2/h73-74,78-79H,3-72H2,1-2H3,(H,77,80). The van der Waals surface area contributed by atoms with E-state index in [0.29, 0.717) is 25.9 Å². The van der Waals surface area contributed by atoms with Crippen LogP contribution in [0, 0.1) is 0 Å². The van der Waals surface area contributed by atoms with Crippen molar-refractivity contribution in [2.75, 3.05) is 13.2 Å². The Bertz CT molecular complexity index is 1200. The summed E-state index contributed by atoms with van der Waals surface area (Å²) in [7, 11) is 0. The zero-order valence-electron chi connectivity index (χ0n) is 56.3. The summed E-state index contributed by atoms with van der Waals surface area (Å²) in [4.78, 5) is 24.7. The second-order valence-electron chi connectivity index (χ2n) is 26.7. The smallest absolute Gasteiger partial charge is 0.305 e. The summed E-state index contributed by atoms with van der Waals surface area (Å²) >= 11 is 0. The van der Waals surface area contributed by atoms with Gasteiger partial charge in [0.2, 0.25) is 5.91 Å². The average molecular weight is 1160 g/mol. The largest absolute Gasteiger partial charge is 0.466 e. The maximum atomic E-state index is 12.6. The summed E-state index contributed by atoms with van der Waals surface area (Å²) in [6.07, 6.45) is 88.9. The molecule has 6 nitrogen and oxygen atoms in total. The van der Waals surface area contributed by atoms with Crippen LogP contribution in [0.4, 0.5) is 0 Å². The summed E-state index contributed by atoms with van der Waals surface area (Å²) in [6.45, 7) is 5.02. The molecule has 2 unspecified atom stereocenters. The molecular weight excluding hydrogens is 1010 g/mol. The lowest BCUT2D eigenvalue weighted by Gasteiger charge is -2.22. The third-order valence-corrected chi connectivity index (χ3v) is 18.4. The monoisotopic (exact) mass is 1160 g/mol. The molecular formula is C76H151NO5. The van der Waals surface area contributed by atoms with Gasteiger partial charge in [-0.05, 0) is 25.7 Å². The second kappa shape index (κ2) is 72.3. The molecule has 490 valence electrons. The van der Waals surface area contributed by atoms with Crippen molar-refractivity contribution in [3.05, 3.63) is 0 Å². The summed E-state index contributed by atoms with van der Waals surface area (Å²) < 4.78 is 5.51. The predicted octanol–water partition coefficient (Wildman–Crippen LogP) is 24.9. The lowest BCUT2D eigenvalue weighted by Crippen LogP contribution is -2.45. The molecule has 0 rings (SSSR count). The minimum Gasteiger partial charge on any atom is -0.466 e. The van der Waals surface area contributed by atoms with Gasteiger partial charge < -0.3 is 20.3 Å². The van der Waals surface area contributed by atoms with E-state index < -0.39 is 12.1 Å². The van der Waals surface area contributed by atoms with E-state index in [1.165, 1.54) is 379 Å². The normalized spacial score (nSPS) is 12.4. The molecule has 82 heavy (non-hydrogen) atoms. The average Bonchev–Trinajstić information content (AvgIpc) is 3.48. The summed E-state index contributed by atoms with van der Waals surface area (Å²) in [6, 6.07) is -0.541. The Labute approximate surface area is 515 Å². The van der Waals surface area contributed by atoms with Gasteiger partial charge in [0.1, 0.15) is 0 Å². The number of hydrogen-bond acceptors (Lipinski definition) is 5. The number of unbranched alkanes of at least 4 members (excludes halogenated alkanes) is 62. The SMILES string of the molecule is CCCCCCCCCCCCCCCCCCCCCCCCCCC(O)C(CO)NC(=O)CCCCCCCCCCCCCCCCCCCCCCCCCCCOC(=O)CCCCCCCCCCCCCCCCCC. The zero-order chi connectivity index (χ0) is 59.2. The van der Waals surface area contributed by atoms with Gasteiger partial charge in [-0.15, -0.1) is 0 Å². The highest BCUT2D eigenvalue weighted by Gasteiger charge is 2.20. The van der Waals surface area contributed by atoms with Gasteiger partial charge >= 0.3 is 5.97 Å². The summed E-state index contributed by atoms with van der Waals surface area (Å²) in [5.74, 6) is -0.00516. The van der Waals surface area contributed by atoms with Crippen LogP contribution in [-0.4, -0.2) is 47.4 Å². The van der Waals surface area contributed by atoms with Crippen LogP contribution >= 0.6 is 0 Å². The van der Waals surface area contributed by atoms with E-state index in [2.05, 4.69) is 19.2 Å². The number of nitrogens with one attached hydrogen (secondary N) is 1. The fraction of sp³-hybridized carbons (Fsp3) is 0.974. The van der Waals surface area contributed by atoms with Crippen molar-refractivity contribution >= 4 is 11.9 Å². The Morgan fingerprint density at radius 2 is 0.500 bits per heavy atom. The van der Waals surface area contributed by atoms with Crippen molar-refractivity contribution in [2.45, 2.75) is 463 Å². The van der Waals surface area contributed by atoms with Crippen LogP contribution in [0.2, 0.25) is 0 Å². The number of ether oxygens (including phenoxy) is 1. The Kier molecular flexibility index (Phi) is 71.3. The maximum Gasteiger partial charge on any atom is 0.305 e. The van der Waals surface area contributed by atoms with Gasteiger partial charge in [0, 0.05) is 12.8 Å². The highest BCUT2D eigenvalue weighted by atomic mass is 16.5. The van der Waals surface area contributed by atoms with Crippen LogP contribution in [-0.2, 0) is 14.3 Å². The van der Waals surface area contributed by atoms with Crippen molar-refractivity contribution < 1.29 is 24.5 Å². The fourth-order valence-electron chi connectivity index (χ4n) is 12.6. The molecule has 2 atom stereocenters. The summed E-state index contributed by atoms with van der Waals surface area (Å²) in [5, 5.41) is 23.5. The first-order valence-corrected chi connectivity index (χ1v) is 38.3. The van der Waals surface area contributed by atoms with Gasteiger partial charge in [0.15, 0.2) is 0 Å². The Balaban J connectivity index is 3.34. The number of carbonyl (C=O) groups is 2. The van der Waals surface area contributed by atoms with E-state index >= 15 is 0 Å². The van der Waals surface area contributed by atoms with Crippen LogP contribution in [0.25, 0.3) is 0 Å². The Morgan fingerprint density at radius 1 is 0.293 bits per heavy atom. The zero-order valence-corrected chi connectivity index (χ0v) is 56.3. The van der Waals surface area contributed by atoms with Gasteiger partial charge in [-0.1, -0.05) is 412 Å². The molecule has 0 aliphatic carbocycles. The van der Waals surface area contributed by atoms with Crippen molar-refractivity contribution in [3.8, 4) is 0 Å². The van der Waals surface area contributed by atoms with Gasteiger partial charge in [0.25, 0.3) is 0 Å². The quantitative estimate of drug-likeness (QED) is 0.0417. The molecule has 0 saturated carbocycles. The molecule has 0 heterocycles. The molecule has 0 radical (unpaired) electrons. The maximum absolute atomic E-state index is 12.6. The number of aliphatic hydroxyl groups is 2. The number of amides is 1. The third-order valence-electron chi connectivity index (χ3n) is 18.4. The van der Waals surface area contributed by atoms with Gasteiger partial charge in [-0.2, -0.15) is 0 Å². The fourth-order valence-corrected chi connectivity index (χ4v) is 12.6. The van der Waals surface area contributed by atoms with E-state index in [1.807, 2.05) is 0 Å². The van der Waals surface area contributed by atoms with Crippen molar-refractivity contribution in [3.63, 3.8) is 0 Å². The van der Waals surface area contributed by atoms with Gasteiger partial charge in [0.05, 0.1) is 25.4 Å². The van der Waals surface area contributed by atoms with Crippen LogP contribution in [0.15, 0.2) is 0 Å². The predicted molar refractivity (Wildman–Crippen MR) is 361 cm³/mol. The molecule has 0 spiro atoms. The third kappa shape index (κ3) is 68.0. The minimum absolute atomic E-state index is 0.0216. The molecule has 6 heteroatoms. The highest BCUT2D eigenvalue weighted by molar-refractivity contribution is 5.76. The van der Waals surface area contributed by atoms with E-state index in [4.69, 9.17) is 4.74 Å². The van der Waals surface area contributed by atoms with E-state index in [0.717, 1.165) is 38.5 Å². The molecule has 0 fully saturated rings. The Morgan fingerprint density at radius 3 is 0.744 bits per heavy atom. The van der Waals surface area contributed by atoms with Crippen molar-refractivity contribution in [1.82, 2.24) is 5.32 Å². The lowest BCUT2D eigenvalue weighted by atomic mass is 10.0. The molecule has 3 N–H and O–H groups in total. The first kappa shape index (κ1) is 80.9.